The van der Waals surface area contributed by atoms with Crippen molar-refractivity contribution >= 4 is 23.2 Å². The molecule has 1 aromatic rings. The van der Waals surface area contributed by atoms with Gasteiger partial charge in [0.1, 0.15) is 0 Å². The Balaban J connectivity index is 1.46. The summed E-state index contributed by atoms with van der Waals surface area (Å²) in [6.45, 7) is 4.78. The maximum absolute atomic E-state index is 13.4. The van der Waals surface area contributed by atoms with Crippen molar-refractivity contribution < 1.29 is 9.90 Å². The van der Waals surface area contributed by atoms with Crippen LogP contribution in [0.15, 0.2) is 23.1 Å². The summed E-state index contributed by atoms with van der Waals surface area (Å²) in [5.41, 5.74) is 1.32. The second-order valence-corrected chi connectivity index (χ2v) is 11.2. The van der Waals surface area contributed by atoms with Crippen molar-refractivity contribution in [2.45, 2.75) is 71.3 Å². The molecule has 0 aromatic carbocycles. The highest BCUT2D eigenvalue weighted by molar-refractivity contribution is 7.10. The Kier molecular flexibility index (Phi) is 4.22. The standard InChI is InChI=1S/C24H32O2S/c1-23-9-7-17(25)14-16(23)5-6-19-20(23)8-10-24(2)21(19)13-15(22(24)26)12-18-4-3-11-27-18/h3-4,11-12,16-17,19-21,25H,5-10,13-14H2,1-2H3. The number of aliphatic hydroxyl groups excluding tert-OH is 1. The molecule has 146 valence electrons. The summed E-state index contributed by atoms with van der Waals surface area (Å²) in [6.07, 6.45) is 11.0. The Morgan fingerprint density at radius 3 is 2.78 bits per heavy atom. The number of carbonyl (C=O) groups excluding carboxylic acids is 1. The quantitative estimate of drug-likeness (QED) is 0.629. The zero-order valence-electron chi connectivity index (χ0n) is 16.6. The first-order valence-electron chi connectivity index (χ1n) is 10.9. The third-order valence-electron chi connectivity index (χ3n) is 9.14. The third kappa shape index (κ3) is 2.64. The summed E-state index contributed by atoms with van der Waals surface area (Å²) in [6, 6.07) is 4.19. The van der Waals surface area contributed by atoms with Gasteiger partial charge in [-0.3, -0.25) is 4.79 Å². The van der Waals surface area contributed by atoms with Gasteiger partial charge in [-0.15, -0.1) is 11.3 Å². The smallest absolute Gasteiger partial charge is 0.165 e. The highest BCUT2D eigenvalue weighted by Crippen LogP contribution is 2.66. The van der Waals surface area contributed by atoms with Crippen LogP contribution in [0.4, 0.5) is 0 Å². The fourth-order valence-corrected chi connectivity index (χ4v) is 8.26. The topological polar surface area (TPSA) is 37.3 Å². The van der Waals surface area contributed by atoms with E-state index in [0.29, 0.717) is 29.0 Å². The molecule has 0 saturated heterocycles. The first-order chi connectivity index (χ1) is 12.9. The van der Waals surface area contributed by atoms with Crippen LogP contribution in [0.2, 0.25) is 0 Å². The highest BCUT2D eigenvalue weighted by atomic mass is 32.1. The number of hydrogen-bond donors (Lipinski definition) is 1. The molecule has 7 unspecified atom stereocenters. The number of fused-ring (bicyclic) bond motifs is 5. The van der Waals surface area contributed by atoms with Gasteiger partial charge in [0.05, 0.1) is 6.10 Å². The number of aliphatic hydroxyl groups is 1. The second-order valence-electron chi connectivity index (χ2n) is 10.3. The fourth-order valence-electron chi connectivity index (χ4n) is 7.58. The normalized spacial score (nSPS) is 48.2. The van der Waals surface area contributed by atoms with Crippen molar-refractivity contribution in [3.8, 4) is 0 Å². The number of thiophene rings is 1. The van der Waals surface area contributed by atoms with Crippen LogP contribution in [0.25, 0.3) is 6.08 Å². The molecule has 4 aliphatic carbocycles. The van der Waals surface area contributed by atoms with Gasteiger partial charge >= 0.3 is 0 Å². The third-order valence-corrected chi connectivity index (χ3v) is 9.96. The molecule has 0 amide bonds. The molecule has 0 radical (unpaired) electrons. The van der Waals surface area contributed by atoms with Gasteiger partial charge in [0.15, 0.2) is 5.78 Å². The molecular weight excluding hydrogens is 352 g/mol. The van der Waals surface area contributed by atoms with E-state index >= 15 is 0 Å². The predicted octanol–water partition coefficient (Wildman–Crippen LogP) is 5.71. The van der Waals surface area contributed by atoms with Crippen LogP contribution in [-0.2, 0) is 4.79 Å². The summed E-state index contributed by atoms with van der Waals surface area (Å²) < 4.78 is 0. The van der Waals surface area contributed by atoms with Crippen molar-refractivity contribution in [3.05, 3.63) is 28.0 Å². The van der Waals surface area contributed by atoms with E-state index in [9.17, 15) is 9.90 Å². The maximum Gasteiger partial charge on any atom is 0.165 e. The van der Waals surface area contributed by atoms with Crippen molar-refractivity contribution in [1.29, 1.82) is 0 Å². The molecule has 1 N–H and O–H groups in total. The molecule has 2 nitrogen and oxygen atoms in total. The maximum atomic E-state index is 13.4. The molecule has 1 aromatic heterocycles. The number of carbonyl (C=O) groups is 1. The molecular formula is C24H32O2S. The van der Waals surface area contributed by atoms with E-state index in [4.69, 9.17) is 0 Å². The fraction of sp³-hybridized carbons (Fsp3) is 0.708. The van der Waals surface area contributed by atoms with Gasteiger partial charge in [-0.05, 0) is 104 Å². The first kappa shape index (κ1) is 18.1. The van der Waals surface area contributed by atoms with E-state index in [1.807, 2.05) is 0 Å². The lowest BCUT2D eigenvalue weighted by Crippen LogP contribution is -2.54. The molecule has 4 aliphatic rings. The van der Waals surface area contributed by atoms with Gasteiger partial charge in [0.25, 0.3) is 0 Å². The molecule has 0 bridgehead atoms. The predicted molar refractivity (Wildman–Crippen MR) is 110 cm³/mol. The van der Waals surface area contributed by atoms with Gasteiger partial charge in [0.2, 0.25) is 0 Å². The van der Waals surface area contributed by atoms with Crippen molar-refractivity contribution in [1.82, 2.24) is 0 Å². The largest absolute Gasteiger partial charge is 0.393 e. The monoisotopic (exact) mass is 384 g/mol. The number of hydrogen-bond acceptors (Lipinski definition) is 3. The van der Waals surface area contributed by atoms with Crippen molar-refractivity contribution in [2.24, 2.45) is 34.5 Å². The Labute approximate surface area is 167 Å². The molecule has 27 heavy (non-hydrogen) atoms. The minimum atomic E-state index is -0.137. The van der Waals surface area contributed by atoms with Crippen molar-refractivity contribution in [2.75, 3.05) is 0 Å². The average Bonchev–Trinajstić information content (AvgIpc) is 3.24. The number of ketones is 1. The summed E-state index contributed by atoms with van der Waals surface area (Å²) >= 11 is 1.73. The van der Waals surface area contributed by atoms with E-state index < -0.39 is 0 Å². The van der Waals surface area contributed by atoms with Crippen LogP contribution in [0.1, 0.15) is 70.1 Å². The SMILES string of the molecule is CC12CCC3C(CCC4CC(O)CCC43C)C1CC(=Cc1cccs1)C2=O. The molecule has 3 heteroatoms. The number of allylic oxidation sites excluding steroid dienone is 1. The summed E-state index contributed by atoms with van der Waals surface area (Å²) in [5.74, 6) is 3.09. The molecule has 4 saturated carbocycles. The Morgan fingerprint density at radius 2 is 2.00 bits per heavy atom. The zero-order chi connectivity index (χ0) is 18.8. The molecule has 5 rings (SSSR count). The van der Waals surface area contributed by atoms with Gasteiger partial charge in [-0.25, -0.2) is 0 Å². The molecule has 4 fully saturated rings. The van der Waals surface area contributed by atoms with Crippen LogP contribution >= 0.6 is 11.3 Å². The summed E-state index contributed by atoms with van der Waals surface area (Å²) in [7, 11) is 0. The second kappa shape index (κ2) is 6.29. The van der Waals surface area contributed by atoms with E-state index in [1.54, 1.807) is 11.3 Å². The average molecular weight is 385 g/mol. The van der Waals surface area contributed by atoms with Crippen molar-refractivity contribution in [3.63, 3.8) is 0 Å². The van der Waals surface area contributed by atoms with Crippen LogP contribution < -0.4 is 0 Å². The van der Waals surface area contributed by atoms with Crippen LogP contribution in [0, 0.1) is 34.5 Å². The van der Waals surface area contributed by atoms with E-state index in [0.717, 1.165) is 37.2 Å². The lowest BCUT2D eigenvalue weighted by atomic mass is 9.45. The highest BCUT2D eigenvalue weighted by Gasteiger charge is 2.61. The van der Waals surface area contributed by atoms with E-state index in [2.05, 4.69) is 37.4 Å². The minimum absolute atomic E-state index is 0.0816. The van der Waals surface area contributed by atoms with E-state index in [-0.39, 0.29) is 11.5 Å². The zero-order valence-corrected chi connectivity index (χ0v) is 17.4. The Morgan fingerprint density at radius 1 is 1.15 bits per heavy atom. The Bertz CT molecular complexity index is 765. The molecule has 0 aliphatic heterocycles. The lowest BCUT2D eigenvalue weighted by Gasteiger charge is -2.59. The van der Waals surface area contributed by atoms with Crippen LogP contribution in [0.3, 0.4) is 0 Å². The Hall–Kier alpha value is -0.930. The lowest BCUT2D eigenvalue weighted by molar-refractivity contribution is -0.141. The summed E-state index contributed by atoms with van der Waals surface area (Å²) in [5, 5.41) is 12.3. The molecule has 1 heterocycles. The van der Waals surface area contributed by atoms with E-state index in [1.165, 1.54) is 30.6 Å². The van der Waals surface area contributed by atoms with Crippen LogP contribution in [0.5, 0.6) is 0 Å². The number of rotatable bonds is 1. The molecule has 7 atom stereocenters. The number of Topliss-reactive ketones (excluding diaryl/α,β-unsaturated/α-hetero) is 1. The van der Waals surface area contributed by atoms with Crippen LogP contribution in [-0.4, -0.2) is 17.0 Å². The summed E-state index contributed by atoms with van der Waals surface area (Å²) in [4.78, 5) is 14.6. The van der Waals surface area contributed by atoms with Gasteiger partial charge < -0.3 is 5.11 Å². The van der Waals surface area contributed by atoms with Gasteiger partial charge in [-0.1, -0.05) is 19.9 Å². The van der Waals surface area contributed by atoms with Gasteiger partial charge in [-0.2, -0.15) is 0 Å². The first-order valence-corrected chi connectivity index (χ1v) is 11.8. The van der Waals surface area contributed by atoms with Gasteiger partial charge in [0, 0.05) is 10.3 Å². The molecule has 0 spiro atoms. The minimum Gasteiger partial charge on any atom is -0.393 e.